The first-order valence-corrected chi connectivity index (χ1v) is 9.56. The number of para-hydroxylation sites is 1. The number of aromatic nitrogens is 2. The number of benzene rings is 1. The molecule has 0 spiro atoms. The third kappa shape index (κ3) is 4.93. The Labute approximate surface area is 167 Å². The van der Waals surface area contributed by atoms with Gasteiger partial charge in [0.05, 0.1) is 6.10 Å². The number of H-pyrrole nitrogens is 1. The first kappa shape index (κ1) is 20.8. The number of aliphatic hydroxyl groups excluding tert-OH is 1. The number of amides is 1. The maximum atomic E-state index is 12.3. The second-order valence-electron chi connectivity index (χ2n) is 6.92. The summed E-state index contributed by atoms with van der Waals surface area (Å²) in [6.07, 6.45) is -0.906. The van der Waals surface area contributed by atoms with Crippen molar-refractivity contribution in [1.29, 1.82) is 0 Å². The molecule has 29 heavy (non-hydrogen) atoms. The second kappa shape index (κ2) is 9.06. The number of ether oxygens (including phenoxy) is 2. The number of aryl methyl sites for hydroxylation is 1. The van der Waals surface area contributed by atoms with Crippen molar-refractivity contribution in [2.45, 2.75) is 51.2 Å². The Balaban J connectivity index is 1.58. The molecule has 9 nitrogen and oxygen atoms in total. The molecule has 9 heteroatoms. The molecule has 0 saturated carbocycles. The van der Waals surface area contributed by atoms with Crippen LogP contribution in [-0.4, -0.2) is 45.4 Å². The predicted molar refractivity (Wildman–Crippen MR) is 105 cm³/mol. The molecule has 1 aromatic carbocycles. The molecular weight excluding hydrogens is 378 g/mol. The highest BCUT2D eigenvalue weighted by Gasteiger charge is 2.36. The quantitative estimate of drug-likeness (QED) is 0.612. The van der Waals surface area contributed by atoms with Gasteiger partial charge in [0, 0.05) is 24.7 Å². The van der Waals surface area contributed by atoms with E-state index in [1.54, 1.807) is 26.0 Å². The van der Waals surface area contributed by atoms with Gasteiger partial charge in [-0.3, -0.25) is 19.1 Å². The van der Waals surface area contributed by atoms with Crippen LogP contribution in [0.4, 0.5) is 0 Å². The number of carbonyl (C=O) groups excluding carboxylic acids is 1. The predicted octanol–water partition coefficient (Wildman–Crippen LogP) is 0.331. The van der Waals surface area contributed by atoms with E-state index in [1.165, 1.54) is 10.8 Å². The highest BCUT2D eigenvalue weighted by atomic mass is 16.5. The van der Waals surface area contributed by atoms with Crippen molar-refractivity contribution in [2.24, 2.45) is 0 Å². The summed E-state index contributed by atoms with van der Waals surface area (Å²) in [5.74, 6) is 0.235. The van der Waals surface area contributed by atoms with Crippen molar-refractivity contribution < 1.29 is 19.4 Å². The normalized spacial score (nSPS) is 22.2. The minimum atomic E-state index is -0.866. The summed E-state index contributed by atoms with van der Waals surface area (Å²) >= 11 is 0. The molecular formula is C20H25N3O6. The molecule has 0 radical (unpaired) electrons. The molecule has 0 aliphatic carbocycles. The number of nitrogens with zero attached hydrogens (tertiary/aromatic N) is 1. The second-order valence-corrected chi connectivity index (χ2v) is 6.92. The molecule has 1 aliphatic rings. The molecule has 1 fully saturated rings. The van der Waals surface area contributed by atoms with Gasteiger partial charge in [-0.05, 0) is 25.5 Å². The lowest BCUT2D eigenvalue weighted by Crippen LogP contribution is -2.42. The lowest BCUT2D eigenvalue weighted by atomic mass is 10.1. The van der Waals surface area contributed by atoms with Gasteiger partial charge in [0.25, 0.3) is 11.5 Å². The maximum Gasteiger partial charge on any atom is 0.330 e. The van der Waals surface area contributed by atoms with E-state index < -0.39 is 35.8 Å². The minimum absolute atomic E-state index is 0.0672. The summed E-state index contributed by atoms with van der Waals surface area (Å²) < 4.78 is 12.6. The molecule has 4 atom stereocenters. The number of aliphatic hydroxyl groups is 1. The van der Waals surface area contributed by atoms with E-state index in [0.29, 0.717) is 17.7 Å². The van der Waals surface area contributed by atoms with Gasteiger partial charge >= 0.3 is 5.69 Å². The monoisotopic (exact) mass is 403 g/mol. The standard InChI is InChI=1S/C20H25N3O6/c1-3-13-11-23(20(27)22-19(13)26)17-9-15(24)16(29-17)10-21-18(25)12(2)28-14-7-5-4-6-8-14/h4-8,11-12,15-17,24H,3,9-10H2,1-2H3,(H,21,25)(H,22,26,27)/t12?,15-,16+,17+/m0/s1. The number of carbonyl (C=O) groups is 1. The third-order valence-corrected chi connectivity index (χ3v) is 4.84. The Morgan fingerprint density at radius 2 is 2.10 bits per heavy atom. The van der Waals surface area contributed by atoms with Crippen LogP contribution in [0, 0.1) is 0 Å². The zero-order valence-electron chi connectivity index (χ0n) is 16.3. The van der Waals surface area contributed by atoms with Crippen LogP contribution in [0.3, 0.4) is 0 Å². The number of hydrogen-bond acceptors (Lipinski definition) is 6. The van der Waals surface area contributed by atoms with Crippen LogP contribution < -0.4 is 21.3 Å². The van der Waals surface area contributed by atoms with Gasteiger partial charge in [-0.1, -0.05) is 25.1 Å². The van der Waals surface area contributed by atoms with Gasteiger partial charge in [0.2, 0.25) is 0 Å². The molecule has 3 rings (SSSR count). The summed E-state index contributed by atoms with van der Waals surface area (Å²) in [4.78, 5) is 38.3. The van der Waals surface area contributed by atoms with Gasteiger partial charge in [-0.25, -0.2) is 4.79 Å². The van der Waals surface area contributed by atoms with Crippen LogP contribution in [0.15, 0.2) is 46.1 Å². The molecule has 3 N–H and O–H groups in total. The van der Waals surface area contributed by atoms with Crippen molar-refractivity contribution >= 4 is 5.91 Å². The van der Waals surface area contributed by atoms with E-state index in [4.69, 9.17) is 9.47 Å². The van der Waals surface area contributed by atoms with E-state index in [0.717, 1.165) is 0 Å². The molecule has 1 saturated heterocycles. The van der Waals surface area contributed by atoms with Gasteiger partial charge in [-0.15, -0.1) is 0 Å². The topological polar surface area (TPSA) is 123 Å². The van der Waals surface area contributed by atoms with Crippen molar-refractivity contribution in [3.63, 3.8) is 0 Å². The Kier molecular flexibility index (Phi) is 6.50. The van der Waals surface area contributed by atoms with E-state index in [2.05, 4.69) is 10.3 Å². The highest BCUT2D eigenvalue weighted by molar-refractivity contribution is 5.80. The Morgan fingerprint density at radius 3 is 2.79 bits per heavy atom. The van der Waals surface area contributed by atoms with Crippen LogP contribution in [0.25, 0.3) is 0 Å². The maximum absolute atomic E-state index is 12.3. The van der Waals surface area contributed by atoms with Crippen LogP contribution in [-0.2, 0) is 16.0 Å². The molecule has 1 aliphatic heterocycles. The summed E-state index contributed by atoms with van der Waals surface area (Å²) in [6.45, 7) is 3.50. The molecule has 1 amide bonds. The fourth-order valence-corrected chi connectivity index (χ4v) is 3.16. The largest absolute Gasteiger partial charge is 0.481 e. The van der Waals surface area contributed by atoms with Crippen LogP contribution in [0.5, 0.6) is 5.75 Å². The lowest BCUT2D eigenvalue weighted by Gasteiger charge is -2.19. The van der Waals surface area contributed by atoms with E-state index >= 15 is 0 Å². The molecule has 2 aromatic rings. The van der Waals surface area contributed by atoms with Crippen molar-refractivity contribution in [3.05, 3.63) is 62.9 Å². The first-order chi connectivity index (χ1) is 13.9. The molecule has 156 valence electrons. The van der Waals surface area contributed by atoms with Gasteiger partial charge in [0.15, 0.2) is 6.10 Å². The fourth-order valence-electron chi connectivity index (χ4n) is 3.16. The van der Waals surface area contributed by atoms with Gasteiger partial charge in [0.1, 0.15) is 18.1 Å². The molecule has 2 heterocycles. The minimum Gasteiger partial charge on any atom is -0.481 e. The van der Waals surface area contributed by atoms with Crippen molar-refractivity contribution in [1.82, 2.24) is 14.9 Å². The summed E-state index contributed by atoms with van der Waals surface area (Å²) in [5, 5.41) is 13.0. The molecule has 1 unspecified atom stereocenters. The average Bonchev–Trinajstić information content (AvgIpc) is 3.07. The van der Waals surface area contributed by atoms with Crippen molar-refractivity contribution in [2.75, 3.05) is 6.54 Å². The number of nitrogens with one attached hydrogen (secondary N) is 2. The first-order valence-electron chi connectivity index (χ1n) is 9.56. The van der Waals surface area contributed by atoms with E-state index in [1.807, 2.05) is 18.2 Å². The zero-order chi connectivity index (χ0) is 21.0. The molecule has 1 aromatic heterocycles. The zero-order valence-corrected chi connectivity index (χ0v) is 16.3. The summed E-state index contributed by atoms with van der Waals surface area (Å²) in [6, 6.07) is 8.98. The summed E-state index contributed by atoms with van der Waals surface area (Å²) in [5.41, 5.74) is -0.575. The SMILES string of the molecule is CCc1cn([C@H]2C[C@H](O)[C@@H](CNC(=O)C(C)Oc3ccccc3)O2)c(=O)[nH]c1=O. The van der Waals surface area contributed by atoms with Gasteiger partial charge < -0.3 is 19.9 Å². The fraction of sp³-hybridized carbons (Fsp3) is 0.450. The smallest absolute Gasteiger partial charge is 0.330 e. The van der Waals surface area contributed by atoms with Crippen LogP contribution in [0.1, 0.15) is 32.1 Å². The van der Waals surface area contributed by atoms with E-state index in [-0.39, 0.29) is 18.9 Å². The lowest BCUT2D eigenvalue weighted by molar-refractivity contribution is -0.128. The Morgan fingerprint density at radius 1 is 1.38 bits per heavy atom. The Bertz CT molecular complexity index is 955. The number of aromatic amines is 1. The van der Waals surface area contributed by atoms with Crippen LogP contribution in [0.2, 0.25) is 0 Å². The average molecular weight is 403 g/mol. The van der Waals surface area contributed by atoms with E-state index in [9.17, 15) is 19.5 Å². The molecule has 0 bridgehead atoms. The Hall–Kier alpha value is -2.91. The summed E-state index contributed by atoms with van der Waals surface area (Å²) in [7, 11) is 0. The third-order valence-electron chi connectivity index (χ3n) is 4.84. The number of hydrogen-bond donors (Lipinski definition) is 3. The number of rotatable bonds is 7. The highest BCUT2D eigenvalue weighted by Crippen LogP contribution is 2.27. The van der Waals surface area contributed by atoms with Crippen LogP contribution >= 0.6 is 0 Å². The van der Waals surface area contributed by atoms with Crippen molar-refractivity contribution in [3.8, 4) is 5.75 Å². The van der Waals surface area contributed by atoms with Gasteiger partial charge in [-0.2, -0.15) is 0 Å².